The Kier molecular flexibility index (Phi) is 8.40. The van der Waals surface area contributed by atoms with Gasteiger partial charge in [0.05, 0.1) is 17.6 Å². The molecule has 1 heterocycles. The van der Waals surface area contributed by atoms with Gasteiger partial charge < -0.3 is 9.13 Å². The number of imidazole rings is 1. The molecule has 0 saturated heterocycles. The van der Waals surface area contributed by atoms with Crippen molar-refractivity contribution < 1.29 is 4.79 Å². The maximum absolute atomic E-state index is 13.2. The molecule has 0 aliphatic rings. The topological polar surface area (TPSA) is 54.0 Å². The van der Waals surface area contributed by atoms with Crippen LogP contribution in [-0.2, 0) is 32.6 Å². The molecule has 1 aromatic heterocycles. The highest BCUT2D eigenvalue weighted by atomic mass is 35.5. The number of carbonyl (C=O) groups excluding carboxylic acids is 1. The Bertz CT molecular complexity index is 1560. The van der Waals surface area contributed by atoms with Crippen molar-refractivity contribution in [3.63, 3.8) is 0 Å². The van der Waals surface area contributed by atoms with Gasteiger partial charge >= 0.3 is 0 Å². The second-order valence-electron chi connectivity index (χ2n) is 9.81. The molecule has 0 aliphatic heterocycles. The molecule has 0 amide bonds. The number of carbonyl (C=O) groups is 1. The standard InChI is InChI=1S/C33H33ClN4O/c1-2-27-14-9-15-30-32(27)37(33(35)38(30)24-31(39)28-16-18-29(34)19-17-28)21-20-36(22-25-10-5-3-6-11-25)23-26-12-7-4-8-13-26/h3-19,35H,2,20-24H2,1H3. The van der Waals surface area contributed by atoms with Gasteiger partial charge in [0, 0.05) is 36.8 Å². The van der Waals surface area contributed by atoms with Gasteiger partial charge in [0.2, 0.25) is 5.62 Å². The molecular formula is C33H33ClN4O. The van der Waals surface area contributed by atoms with E-state index in [1.54, 1.807) is 24.3 Å². The summed E-state index contributed by atoms with van der Waals surface area (Å²) in [6, 6.07) is 34.1. The van der Waals surface area contributed by atoms with Crippen molar-refractivity contribution in [2.24, 2.45) is 0 Å². The Morgan fingerprint density at radius 1 is 0.795 bits per heavy atom. The number of rotatable bonds is 11. The van der Waals surface area contributed by atoms with E-state index in [1.165, 1.54) is 16.7 Å². The molecule has 39 heavy (non-hydrogen) atoms. The SMILES string of the molecule is CCc1cccc2c1n(CCN(Cc1ccccc1)Cc1ccccc1)c(=N)n2CC(=O)c1ccc(Cl)cc1. The number of para-hydroxylation sites is 1. The van der Waals surface area contributed by atoms with E-state index in [1.807, 2.05) is 28.8 Å². The number of hydrogen-bond donors (Lipinski definition) is 1. The summed E-state index contributed by atoms with van der Waals surface area (Å²) in [7, 11) is 0. The molecular weight excluding hydrogens is 504 g/mol. The van der Waals surface area contributed by atoms with Gasteiger partial charge in [-0.15, -0.1) is 0 Å². The van der Waals surface area contributed by atoms with E-state index >= 15 is 0 Å². The summed E-state index contributed by atoms with van der Waals surface area (Å²) in [6.07, 6.45) is 0.851. The average Bonchev–Trinajstić information content (AvgIpc) is 3.23. The normalized spacial score (nSPS) is 11.4. The lowest BCUT2D eigenvalue weighted by Gasteiger charge is -2.23. The second-order valence-corrected chi connectivity index (χ2v) is 10.2. The van der Waals surface area contributed by atoms with Crippen LogP contribution in [-0.4, -0.2) is 26.4 Å². The largest absolute Gasteiger partial charge is 0.309 e. The Morgan fingerprint density at radius 2 is 1.41 bits per heavy atom. The maximum atomic E-state index is 13.2. The van der Waals surface area contributed by atoms with Crippen LogP contribution >= 0.6 is 11.6 Å². The van der Waals surface area contributed by atoms with Crippen molar-refractivity contribution in [2.45, 2.75) is 39.5 Å². The van der Waals surface area contributed by atoms with E-state index in [-0.39, 0.29) is 12.3 Å². The molecule has 0 aliphatic carbocycles. The fraction of sp³-hybridized carbons (Fsp3) is 0.212. The number of Topliss-reactive ketones (excluding diaryl/α,β-unsaturated/α-hetero) is 1. The van der Waals surface area contributed by atoms with Gasteiger partial charge in [-0.3, -0.25) is 15.1 Å². The van der Waals surface area contributed by atoms with Gasteiger partial charge in [0.1, 0.15) is 0 Å². The minimum absolute atomic E-state index is 0.0408. The van der Waals surface area contributed by atoms with Crippen molar-refractivity contribution in [2.75, 3.05) is 6.54 Å². The Balaban J connectivity index is 1.47. The molecule has 5 aromatic rings. The molecule has 0 saturated carbocycles. The molecule has 5 nitrogen and oxygen atoms in total. The van der Waals surface area contributed by atoms with Gasteiger partial charge in [-0.05, 0) is 53.4 Å². The van der Waals surface area contributed by atoms with E-state index in [2.05, 4.69) is 71.0 Å². The van der Waals surface area contributed by atoms with E-state index in [9.17, 15) is 4.79 Å². The first kappa shape index (κ1) is 26.7. The molecule has 4 aromatic carbocycles. The third-order valence-electron chi connectivity index (χ3n) is 7.16. The molecule has 6 heteroatoms. The highest BCUT2D eigenvalue weighted by molar-refractivity contribution is 6.30. The van der Waals surface area contributed by atoms with E-state index in [0.29, 0.717) is 22.7 Å². The fourth-order valence-corrected chi connectivity index (χ4v) is 5.27. The number of nitrogens with zero attached hydrogens (tertiary/aromatic N) is 3. The Labute approximate surface area is 234 Å². The van der Waals surface area contributed by atoms with E-state index in [0.717, 1.165) is 37.1 Å². The number of benzene rings is 4. The predicted molar refractivity (Wildman–Crippen MR) is 158 cm³/mol. The summed E-state index contributed by atoms with van der Waals surface area (Å²) in [5, 5.41) is 9.75. The number of aryl methyl sites for hydroxylation is 1. The number of nitrogens with one attached hydrogen (secondary N) is 1. The molecule has 1 N–H and O–H groups in total. The van der Waals surface area contributed by atoms with Crippen LogP contribution < -0.4 is 5.62 Å². The number of hydrogen-bond acceptors (Lipinski definition) is 3. The van der Waals surface area contributed by atoms with Crippen LogP contribution in [0.5, 0.6) is 0 Å². The molecule has 198 valence electrons. The van der Waals surface area contributed by atoms with Crippen LogP contribution in [0.3, 0.4) is 0 Å². The molecule has 0 radical (unpaired) electrons. The van der Waals surface area contributed by atoms with Crippen LogP contribution in [0.15, 0.2) is 103 Å². The number of ketones is 1. The number of halogens is 1. The lowest BCUT2D eigenvalue weighted by molar-refractivity contribution is 0.0971. The molecule has 0 spiro atoms. The first-order valence-electron chi connectivity index (χ1n) is 13.4. The van der Waals surface area contributed by atoms with Crippen LogP contribution in [0.1, 0.15) is 34.0 Å². The predicted octanol–water partition coefficient (Wildman–Crippen LogP) is 6.72. The summed E-state index contributed by atoms with van der Waals surface area (Å²) in [5.74, 6) is -0.0408. The summed E-state index contributed by atoms with van der Waals surface area (Å²) in [5.41, 5.74) is 6.58. The minimum Gasteiger partial charge on any atom is -0.309 e. The smallest absolute Gasteiger partial charge is 0.203 e. The van der Waals surface area contributed by atoms with Crippen LogP contribution in [0.4, 0.5) is 0 Å². The highest BCUT2D eigenvalue weighted by Gasteiger charge is 2.18. The second kappa shape index (κ2) is 12.3. The highest BCUT2D eigenvalue weighted by Crippen LogP contribution is 2.21. The average molecular weight is 537 g/mol. The third-order valence-corrected chi connectivity index (χ3v) is 7.41. The molecule has 0 bridgehead atoms. The minimum atomic E-state index is -0.0408. The van der Waals surface area contributed by atoms with Crippen molar-refractivity contribution in [3.05, 3.63) is 136 Å². The Morgan fingerprint density at radius 3 is 2.00 bits per heavy atom. The van der Waals surface area contributed by atoms with E-state index in [4.69, 9.17) is 17.0 Å². The van der Waals surface area contributed by atoms with Crippen molar-refractivity contribution in [1.82, 2.24) is 14.0 Å². The van der Waals surface area contributed by atoms with Crippen LogP contribution in [0, 0.1) is 5.41 Å². The lowest BCUT2D eigenvalue weighted by atomic mass is 10.1. The fourth-order valence-electron chi connectivity index (χ4n) is 5.15. The lowest BCUT2D eigenvalue weighted by Crippen LogP contribution is -2.32. The zero-order chi connectivity index (χ0) is 27.2. The zero-order valence-corrected chi connectivity index (χ0v) is 22.9. The molecule has 5 rings (SSSR count). The van der Waals surface area contributed by atoms with Gasteiger partial charge in [-0.25, -0.2) is 0 Å². The molecule has 0 unspecified atom stereocenters. The van der Waals surface area contributed by atoms with Gasteiger partial charge in [-0.1, -0.05) is 91.3 Å². The Hall–Kier alpha value is -3.93. The summed E-state index contributed by atoms with van der Waals surface area (Å²) >= 11 is 6.03. The van der Waals surface area contributed by atoms with Gasteiger partial charge in [0.25, 0.3) is 0 Å². The zero-order valence-electron chi connectivity index (χ0n) is 22.2. The van der Waals surface area contributed by atoms with Crippen molar-refractivity contribution >= 4 is 28.4 Å². The van der Waals surface area contributed by atoms with Crippen molar-refractivity contribution in [1.29, 1.82) is 5.41 Å². The van der Waals surface area contributed by atoms with Gasteiger partial charge in [-0.2, -0.15) is 0 Å². The number of aromatic nitrogens is 2. The first-order valence-corrected chi connectivity index (χ1v) is 13.8. The molecule has 0 fully saturated rings. The quantitative estimate of drug-likeness (QED) is 0.190. The van der Waals surface area contributed by atoms with E-state index < -0.39 is 0 Å². The van der Waals surface area contributed by atoms with Crippen LogP contribution in [0.25, 0.3) is 11.0 Å². The monoisotopic (exact) mass is 536 g/mol. The number of fused-ring (bicyclic) bond motifs is 1. The van der Waals surface area contributed by atoms with Crippen molar-refractivity contribution in [3.8, 4) is 0 Å². The third kappa shape index (κ3) is 6.22. The summed E-state index contributed by atoms with van der Waals surface area (Å²) < 4.78 is 3.91. The molecule has 0 atom stereocenters. The summed E-state index contributed by atoms with van der Waals surface area (Å²) in [4.78, 5) is 15.6. The first-order chi connectivity index (χ1) is 19.0. The van der Waals surface area contributed by atoms with Gasteiger partial charge in [0.15, 0.2) is 5.78 Å². The maximum Gasteiger partial charge on any atom is 0.203 e. The van der Waals surface area contributed by atoms with Crippen LogP contribution in [0.2, 0.25) is 5.02 Å². The summed E-state index contributed by atoms with van der Waals surface area (Å²) in [6.45, 7) is 5.29.